The van der Waals surface area contributed by atoms with Gasteiger partial charge in [0, 0.05) is 25.2 Å². The number of carbonyl (C=O) groups excluding carboxylic acids is 2. The molecule has 0 aliphatic carbocycles. The maximum atomic E-state index is 13.0. The number of hydrogen-bond acceptors (Lipinski definition) is 6. The third kappa shape index (κ3) is 5.84. The molecule has 2 aromatic carbocycles. The predicted octanol–water partition coefficient (Wildman–Crippen LogP) is 3.22. The number of aliphatic imine (C=N–C) groups is 1. The average molecular weight is 427 g/mol. The maximum absolute atomic E-state index is 13.0. The third-order valence-electron chi connectivity index (χ3n) is 4.52. The monoisotopic (exact) mass is 426 g/mol. The molecule has 1 heterocycles. The fraction of sp³-hybridized carbons (Fsp3) is 0.318. The molecule has 0 aromatic heterocycles. The molecule has 2 aromatic rings. The van der Waals surface area contributed by atoms with Gasteiger partial charge in [0.15, 0.2) is 5.17 Å². The Morgan fingerprint density at radius 2 is 1.87 bits per heavy atom. The van der Waals surface area contributed by atoms with E-state index in [4.69, 9.17) is 4.74 Å². The summed E-state index contributed by atoms with van der Waals surface area (Å²) < 4.78 is 5.18. The molecule has 3 rings (SSSR count). The van der Waals surface area contributed by atoms with Gasteiger partial charge >= 0.3 is 0 Å². The van der Waals surface area contributed by atoms with E-state index in [1.165, 1.54) is 11.8 Å². The zero-order valence-corrected chi connectivity index (χ0v) is 18.2. The van der Waals surface area contributed by atoms with Crippen molar-refractivity contribution in [2.75, 3.05) is 39.6 Å². The standard InChI is InChI=1S/C22H26N4O3S/c1-25(2)13-14-26-21(28)19(15-20(27)23-16-7-5-4-6-8-16)30-22(26)24-17-9-11-18(29-3)12-10-17/h4-12,19H,13-15H2,1-3H3,(H,23,27)/t19-/m0/s1. The summed E-state index contributed by atoms with van der Waals surface area (Å²) >= 11 is 1.34. The molecule has 0 unspecified atom stereocenters. The minimum absolute atomic E-state index is 0.0858. The van der Waals surface area contributed by atoms with Crippen molar-refractivity contribution < 1.29 is 14.3 Å². The van der Waals surface area contributed by atoms with E-state index >= 15 is 0 Å². The molecule has 1 saturated heterocycles. The van der Waals surface area contributed by atoms with E-state index in [9.17, 15) is 9.59 Å². The van der Waals surface area contributed by atoms with Crippen LogP contribution in [0.1, 0.15) is 6.42 Å². The van der Waals surface area contributed by atoms with Gasteiger partial charge in [-0.25, -0.2) is 4.99 Å². The van der Waals surface area contributed by atoms with Gasteiger partial charge < -0.3 is 15.0 Å². The highest BCUT2D eigenvalue weighted by atomic mass is 32.2. The Hall–Kier alpha value is -2.84. The number of amidine groups is 1. The van der Waals surface area contributed by atoms with Crippen LogP contribution in [0.25, 0.3) is 0 Å². The minimum atomic E-state index is -0.493. The van der Waals surface area contributed by atoms with Crippen molar-refractivity contribution in [2.24, 2.45) is 4.99 Å². The second kappa shape index (κ2) is 10.3. The van der Waals surface area contributed by atoms with Crippen LogP contribution in [0, 0.1) is 0 Å². The van der Waals surface area contributed by atoms with Gasteiger partial charge in [-0.2, -0.15) is 0 Å². The molecule has 1 aliphatic rings. The Balaban J connectivity index is 1.74. The van der Waals surface area contributed by atoms with E-state index in [2.05, 4.69) is 10.3 Å². The highest BCUT2D eigenvalue weighted by molar-refractivity contribution is 8.15. The largest absolute Gasteiger partial charge is 0.497 e. The Morgan fingerprint density at radius 1 is 1.17 bits per heavy atom. The molecule has 0 spiro atoms. The SMILES string of the molecule is COc1ccc(N=C2S[C@@H](CC(=O)Nc3ccccc3)C(=O)N2CCN(C)C)cc1. The molecular formula is C22H26N4O3S. The maximum Gasteiger partial charge on any atom is 0.242 e. The number of ether oxygens (including phenoxy) is 1. The van der Waals surface area contributed by atoms with Gasteiger partial charge in [0.1, 0.15) is 11.0 Å². The number of nitrogens with one attached hydrogen (secondary N) is 1. The molecule has 1 atom stereocenters. The van der Waals surface area contributed by atoms with Crippen molar-refractivity contribution in [3.05, 3.63) is 54.6 Å². The molecule has 0 saturated carbocycles. The van der Waals surface area contributed by atoms with Crippen LogP contribution >= 0.6 is 11.8 Å². The lowest BCUT2D eigenvalue weighted by molar-refractivity contribution is -0.128. The zero-order valence-electron chi connectivity index (χ0n) is 17.4. The number of nitrogens with zero attached hydrogens (tertiary/aromatic N) is 3. The Morgan fingerprint density at radius 3 is 2.50 bits per heavy atom. The predicted molar refractivity (Wildman–Crippen MR) is 121 cm³/mol. The number of methoxy groups -OCH3 is 1. The van der Waals surface area contributed by atoms with Crippen LogP contribution in [0.4, 0.5) is 11.4 Å². The van der Waals surface area contributed by atoms with Gasteiger partial charge in [-0.3, -0.25) is 14.5 Å². The molecule has 158 valence electrons. The molecule has 2 amide bonds. The van der Waals surface area contributed by atoms with Crippen LogP contribution in [0.15, 0.2) is 59.6 Å². The highest BCUT2D eigenvalue weighted by Crippen LogP contribution is 2.32. The molecule has 8 heteroatoms. The first kappa shape index (κ1) is 21.9. The number of carbonyl (C=O) groups is 2. The van der Waals surface area contributed by atoms with Crippen LogP contribution in [0.2, 0.25) is 0 Å². The quantitative estimate of drug-likeness (QED) is 0.702. The Kier molecular flexibility index (Phi) is 7.48. The number of para-hydroxylation sites is 1. The highest BCUT2D eigenvalue weighted by Gasteiger charge is 2.39. The molecule has 0 bridgehead atoms. The number of hydrogen-bond donors (Lipinski definition) is 1. The van der Waals surface area contributed by atoms with Gasteiger partial charge in [0.25, 0.3) is 0 Å². The Labute approximate surface area is 181 Å². The number of likely N-dealkylation sites (N-methyl/N-ethyl adjacent to an activating group) is 1. The first-order valence-corrected chi connectivity index (χ1v) is 10.5. The molecule has 1 fully saturated rings. The van der Waals surface area contributed by atoms with E-state index in [-0.39, 0.29) is 18.2 Å². The molecule has 1 N–H and O–H groups in total. The summed E-state index contributed by atoms with van der Waals surface area (Å²) in [5.41, 5.74) is 1.45. The van der Waals surface area contributed by atoms with Gasteiger partial charge in [-0.1, -0.05) is 30.0 Å². The molecule has 7 nitrogen and oxygen atoms in total. The molecule has 1 aliphatic heterocycles. The van der Waals surface area contributed by atoms with E-state index in [0.29, 0.717) is 18.3 Å². The van der Waals surface area contributed by atoms with Crippen molar-refractivity contribution >= 4 is 40.1 Å². The first-order chi connectivity index (χ1) is 14.5. The number of anilines is 1. The van der Waals surface area contributed by atoms with E-state index in [1.54, 1.807) is 12.0 Å². The summed E-state index contributed by atoms with van der Waals surface area (Å²) in [5.74, 6) is 0.469. The van der Waals surface area contributed by atoms with Gasteiger partial charge in [0.2, 0.25) is 11.8 Å². The lowest BCUT2D eigenvalue weighted by Gasteiger charge is -2.19. The lowest BCUT2D eigenvalue weighted by atomic mass is 10.2. The molecule has 30 heavy (non-hydrogen) atoms. The normalized spacial score (nSPS) is 17.6. The van der Waals surface area contributed by atoms with Crippen LogP contribution in [0.3, 0.4) is 0 Å². The van der Waals surface area contributed by atoms with E-state index in [0.717, 1.165) is 17.1 Å². The number of thioether (sulfide) groups is 1. The van der Waals surface area contributed by atoms with Gasteiger partial charge in [0.05, 0.1) is 12.8 Å². The fourth-order valence-corrected chi connectivity index (χ4v) is 4.08. The topological polar surface area (TPSA) is 74.2 Å². The van der Waals surface area contributed by atoms with E-state index in [1.807, 2.05) is 73.6 Å². The molecular weight excluding hydrogens is 400 g/mol. The van der Waals surface area contributed by atoms with Crippen molar-refractivity contribution in [1.29, 1.82) is 0 Å². The van der Waals surface area contributed by atoms with Crippen molar-refractivity contribution in [2.45, 2.75) is 11.7 Å². The zero-order chi connectivity index (χ0) is 21.5. The summed E-state index contributed by atoms with van der Waals surface area (Å²) in [4.78, 5) is 33.8. The summed E-state index contributed by atoms with van der Waals surface area (Å²) in [7, 11) is 5.53. The van der Waals surface area contributed by atoms with Crippen LogP contribution < -0.4 is 10.1 Å². The average Bonchev–Trinajstić information content (AvgIpc) is 3.01. The fourth-order valence-electron chi connectivity index (χ4n) is 2.90. The third-order valence-corrected chi connectivity index (χ3v) is 5.69. The Bertz CT molecular complexity index is 900. The number of rotatable bonds is 8. The first-order valence-electron chi connectivity index (χ1n) is 9.66. The second-order valence-corrected chi connectivity index (χ2v) is 8.28. The molecule has 0 radical (unpaired) electrons. The van der Waals surface area contributed by atoms with Gasteiger partial charge in [-0.05, 0) is 50.5 Å². The van der Waals surface area contributed by atoms with Gasteiger partial charge in [-0.15, -0.1) is 0 Å². The summed E-state index contributed by atoms with van der Waals surface area (Å²) in [6.45, 7) is 1.22. The summed E-state index contributed by atoms with van der Waals surface area (Å²) in [6.07, 6.45) is 0.0957. The second-order valence-electron chi connectivity index (χ2n) is 7.11. The summed E-state index contributed by atoms with van der Waals surface area (Å²) in [6, 6.07) is 16.6. The number of amides is 2. The van der Waals surface area contributed by atoms with Crippen molar-refractivity contribution in [3.63, 3.8) is 0 Å². The number of benzene rings is 2. The van der Waals surface area contributed by atoms with Crippen molar-refractivity contribution in [3.8, 4) is 5.75 Å². The van der Waals surface area contributed by atoms with Crippen molar-refractivity contribution in [1.82, 2.24) is 9.80 Å². The smallest absolute Gasteiger partial charge is 0.242 e. The summed E-state index contributed by atoms with van der Waals surface area (Å²) in [5, 5.41) is 2.97. The van der Waals surface area contributed by atoms with Crippen LogP contribution in [-0.4, -0.2) is 66.3 Å². The lowest BCUT2D eigenvalue weighted by Crippen LogP contribution is -2.38. The van der Waals surface area contributed by atoms with Crippen LogP contribution in [0.5, 0.6) is 5.75 Å². The van der Waals surface area contributed by atoms with Crippen LogP contribution in [-0.2, 0) is 9.59 Å². The minimum Gasteiger partial charge on any atom is -0.497 e. The van der Waals surface area contributed by atoms with E-state index < -0.39 is 5.25 Å².